The summed E-state index contributed by atoms with van der Waals surface area (Å²) in [5.74, 6) is 1.30. The van der Waals surface area contributed by atoms with Crippen molar-refractivity contribution in [3.63, 3.8) is 0 Å². The molecule has 0 aliphatic rings. The highest BCUT2D eigenvalue weighted by atomic mass is 35.5. The third kappa shape index (κ3) is 3.20. The van der Waals surface area contributed by atoms with E-state index in [2.05, 4.69) is 10.2 Å². The molecule has 8 heteroatoms. The quantitative estimate of drug-likeness (QED) is 0.508. The molecular weight excluding hydrogens is 332 g/mol. The van der Waals surface area contributed by atoms with Crippen LogP contribution >= 0.6 is 34.7 Å². The minimum atomic E-state index is -0.0175. The Labute approximate surface area is 133 Å². The zero-order valence-electron chi connectivity index (χ0n) is 10.8. The number of hydrogen-bond acceptors (Lipinski definition) is 7. The van der Waals surface area contributed by atoms with Crippen LogP contribution in [0.2, 0.25) is 4.34 Å². The van der Waals surface area contributed by atoms with Crippen molar-refractivity contribution in [1.29, 1.82) is 0 Å². The summed E-state index contributed by atoms with van der Waals surface area (Å²) >= 11 is 8.27. The van der Waals surface area contributed by atoms with Gasteiger partial charge in [-0.15, -0.1) is 21.5 Å². The van der Waals surface area contributed by atoms with Crippen LogP contribution in [0.3, 0.4) is 0 Å². The molecule has 0 aliphatic carbocycles. The van der Waals surface area contributed by atoms with Gasteiger partial charge < -0.3 is 8.83 Å². The van der Waals surface area contributed by atoms with Crippen LogP contribution < -0.4 is 0 Å². The summed E-state index contributed by atoms with van der Waals surface area (Å²) in [5.41, 5.74) is 0.755. The lowest BCUT2D eigenvalue weighted by atomic mass is 10.3. The molecule has 0 aromatic carbocycles. The van der Waals surface area contributed by atoms with Crippen LogP contribution in [0.4, 0.5) is 0 Å². The van der Waals surface area contributed by atoms with E-state index in [-0.39, 0.29) is 11.5 Å². The Bertz CT molecular complexity index is 778. The lowest BCUT2D eigenvalue weighted by molar-refractivity contribution is 0.102. The molecule has 0 fully saturated rings. The standard InChI is InChI=1S/C13H9ClN2O3S2/c1-7-8(4-5-18-7)12-15-16-13(19-12)20-6-9(17)10-2-3-11(14)21-10/h2-5H,6H2,1H3. The zero-order valence-corrected chi connectivity index (χ0v) is 13.2. The first-order valence-corrected chi connectivity index (χ1v) is 8.11. The number of nitrogens with zero attached hydrogens (tertiary/aromatic N) is 2. The number of aromatic nitrogens is 2. The number of thioether (sulfide) groups is 1. The lowest BCUT2D eigenvalue weighted by Crippen LogP contribution is -1.98. The number of furan rings is 1. The fourth-order valence-corrected chi connectivity index (χ4v) is 3.36. The molecule has 108 valence electrons. The largest absolute Gasteiger partial charge is 0.469 e. The van der Waals surface area contributed by atoms with Gasteiger partial charge in [0.1, 0.15) is 5.76 Å². The van der Waals surface area contributed by atoms with Gasteiger partial charge in [-0.3, -0.25) is 4.79 Å². The molecule has 3 heterocycles. The van der Waals surface area contributed by atoms with E-state index in [9.17, 15) is 4.79 Å². The van der Waals surface area contributed by atoms with E-state index in [0.717, 1.165) is 5.56 Å². The third-order valence-corrected chi connectivity index (χ3v) is 4.76. The number of ketones is 1. The van der Waals surface area contributed by atoms with Gasteiger partial charge in [0, 0.05) is 0 Å². The van der Waals surface area contributed by atoms with E-state index >= 15 is 0 Å². The maximum Gasteiger partial charge on any atom is 0.277 e. The number of carbonyl (C=O) groups is 1. The van der Waals surface area contributed by atoms with Crippen LogP contribution in [0.1, 0.15) is 15.4 Å². The summed E-state index contributed by atoms with van der Waals surface area (Å²) in [6, 6.07) is 5.18. The molecular formula is C13H9ClN2O3S2. The summed E-state index contributed by atoms with van der Waals surface area (Å²) in [7, 11) is 0. The maximum atomic E-state index is 11.9. The Hall–Kier alpha value is -1.57. The number of aryl methyl sites for hydroxylation is 1. The van der Waals surface area contributed by atoms with Crippen molar-refractivity contribution < 1.29 is 13.6 Å². The van der Waals surface area contributed by atoms with Gasteiger partial charge in [-0.2, -0.15) is 0 Å². The summed E-state index contributed by atoms with van der Waals surface area (Å²) in [4.78, 5) is 12.6. The predicted molar refractivity (Wildman–Crippen MR) is 81.1 cm³/mol. The molecule has 21 heavy (non-hydrogen) atoms. The van der Waals surface area contributed by atoms with Crippen molar-refractivity contribution in [1.82, 2.24) is 10.2 Å². The average Bonchev–Trinajstić information content (AvgIpc) is 3.16. The molecule has 0 N–H and O–H groups in total. The van der Waals surface area contributed by atoms with Crippen molar-refractivity contribution >= 4 is 40.5 Å². The molecule has 0 saturated heterocycles. The molecule has 0 saturated carbocycles. The second-order valence-corrected chi connectivity index (χ2v) is 6.72. The number of rotatable bonds is 5. The average molecular weight is 341 g/mol. The maximum absolute atomic E-state index is 11.9. The normalized spacial score (nSPS) is 11.0. The van der Waals surface area contributed by atoms with Crippen LogP contribution in [0, 0.1) is 6.92 Å². The zero-order chi connectivity index (χ0) is 14.8. The second kappa shape index (κ2) is 6.05. The fraction of sp³-hybridized carbons (Fsp3) is 0.154. The first-order chi connectivity index (χ1) is 10.1. The van der Waals surface area contributed by atoms with Crippen molar-refractivity contribution in [3.8, 4) is 11.5 Å². The van der Waals surface area contributed by atoms with E-state index in [4.69, 9.17) is 20.4 Å². The number of thiophene rings is 1. The first-order valence-electron chi connectivity index (χ1n) is 5.93. The molecule has 0 radical (unpaired) electrons. The van der Waals surface area contributed by atoms with Crippen molar-refractivity contribution in [3.05, 3.63) is 39.4 Å². The second-order valence-electron chi connectivity index (χ2n) is 4.08. The Balaban J connectivity index is 1.65. The fourth-order valence-electron chi connectivity index (χ4n) is 1.65. The number of carbonyl (C=O) groups excluding carboxylic acids is 1. The van der Waals surface area contributed by atoms with E-state index < -0.39 is 0 Å². The molecule has 0 amide bonds. The molecule has 0 unspecified atom stereocenters. The highest BCUT2D eigenvalue weighted by Crippen LogP contribution is 2.28. The summed E-state index contributed by atoms with van der Waals surface area (Å²) < 4.78 is 11.3. The smallest absolute Gasteiger partial charge is 0.277 e. The summed E-state index contributed by atoms with van der Waals surface area (Å²) in [6.07, 6.45) is 1.56. The Kier molecular flexibility index (Phi) is 4.14. The first kappa shape index (κ1) is 14.4. The molecule has 0 bridgehead atoms. The van der Waals surface area contributed by atoms with Gasteiger partial charge >= 0.3 is 0 Å². The van der Waals surface area contributed by atoms with Gasteiger partial charge in [0.15, 0.2) is 5.78 Å². The Morgan fingerprint density at radius 3 is 2.90 bits per heavy atom. The number of Topliss-reactive ketones (excluding diaryl/α,β-unsaturated/α-hetero) is 1. The van der Waals surface area contributed by atoms with Crippen molar-refractivity contribution in [2.75, 3.05) is 5.75 Å². The Morgan fingerprint density at radius 2 is 2.24 bits per heavy atom. The number of hydrogen-bond donors (Lipinski definition) is 0. The molecule has 5 nitrogen and oxygen atoms in total. The predicted octanol–water partition coefficient (Wildman–Crippen LogP) is 4.33. The summed E-state index contributed by atoms with van der Waals surface area (Å²) in [5, 5.41) is 8.21. The van der Waals surface area contributed by atoms with E-state index in [0.29, 0.717) is 26.1 Å². The van der Waals surface area contributed by atoms with E-state index in [1.807, 2.05) is 6.92 Å². The van der Waals surface area contributed by atoms with Crippen molar-refractivity contribution in [2.45, 2.75) is 12.1 Å². The van der Waals surface area contributed by atoms with Crippen LogP contribution in [0.5, 0.6) is 0 Å². The SMILES string of the molecule is Cc1occc1-c1nnc(SCC(=O)c2ccc(Cl)s2)o1. The highest BCUT2D eigenvalue weighted by molar-refractivity contribution is 7.99. The van der Waals surface area contributed by atoms with Crippen LogP contribution in [0.25, 0.3) is 11.5 Å². The Morgan fingerprint density at radius 1 is 1.38 bits per heavy atom. The van der Waals surface area contributed by atoms with Gasteiger partial charge in [0.2, 0.25) is 0 Å². The van der Waals surface area contributed by atoms with Gasteiger partial charge in [0.25, 0.3) is 11.1 Å². The highest BCUT2D eigenvalue weighted by Gasteiger charge is 2.15. The topological polar surface area (TPSA) is 69.1 Å². The molecule has 3 rings (SSSR count). The van der Waals surface area contributed by atoms with E-state index in [1.54, 1.807) is 24.5 Å². The van der Waals surface area contributed by atoms with Gasteiger partial charge in [-0.25, -0.2) is 0 Å². The van der Waals surface area contributed by atoms with Gasteiger partial charge in [-0.05, 0) is 25.1 Å². The number of halogens is 1. The van der Waals surface area contributed by atoms with Gasteiger partial charge in [0.05, 0.1) is 26.8 Å². The minimum Gasteiger partial charge on any atom is -0.469 e. The minimum absolute atomic E-state index is 0.0175. The van der Waals surface area contributed by atoms with Crippen LogP contribution in [-0.2, 0) is 0 Å². The molecule has 0 atom stereocenters. The molecule has 3 aromatic rings. The lowest BCUT2D eigenvalue weighted by Gasteiger charge is -1.94. The summed E-state index contributed by atoms with van der Waals surface area (Å²) in [6.45, 7) is 1.82. The molecule has 3 aromatic heterocycles. The molecule has 0 aliphatic heterocycles. The van der Waals surface area contributed by atoms with Crippen LogP contribution in [0.15, 0.2) is 38.5 Å². The van der Waals surface area contributed by atoms with Gasteiger partial charge in [-0.1, -0.05) is 23.4 Å². The molecule has 0 spiro atoms. The van der Waals surface area contributed by atoms with E-state index in [1.165, 1.54) is 23.1 Å². The monoisotopic (exact) mass is 340 g/mol. The van der Waals surface area contributed by atoms with Crippen molar-refractivity contribution in [2.24, 2.45) is 0 Å². The third-order valence-electron chi connectivity index (χ3n) is 2.67. The van der Waals surface area contributed by atoms with Crippen LogP contribution in [-0.4, -0.2) is 21.7 Å².